The third-order valence-corrected chi connectivity index (χ3v) is 5.61. The van der Waals surface area contributed by atoms with Gasteiger partial charge in [0.1, 0.15) is 0 Å². The molecule has 1 rings (SSSR count). The second kappa shape index (κ2) is 6.05. The highest BCUT2D eigenvalue weighted by Gasteiger charge is 2.30. The number of hydrogen-bond acceptors (Lipinski definition) is 5. The molecule has 0 aromatic carbocycles. The summed E-state index contributed by atoms with van der Waals surface area (Å²) in [6.07, 6.45) is 1.93. The highest BCUT2D eigenvalue weighted by molar-refractivity contribution is 7.98. The Labute approximate surface area is 112 Å². The molecular formula is C10H19N3O3S2. The van der Waals surface area contributed by atoms with Crippen molar-refractivity contribution in [3.05, 3.63) is 11.3 Å². The van der Waals surface area contributed by atoms with E-state index in [-0.39, 0.29) is 17.7 Å². The van der Waals surface area contributed by atoms with Crippen molar-refractivity contribution in [3.63, 3.8) is 0 Å². The normalized spacial score (nSPS) is 14.1. The van der Waals surface area contributed by atoms with E-state index in [1.54, 1.807) is 18.7 Å². The molecule has 1 atom stereocenters. The predicted molar refractivity (Wildman–Crippen MR) is 72.0 cm³/mol. The van der Waals surface area contributed by atoms with Crippen molar-refractivity contribution in [2.24, 2.45) is 0 Å². The van der Waals surface area contributed by atoms with Crippen molar-refractivity contribution in [1.29, 1.82) is 0 Å². The minimum atomic E-state index is -3.66. The summed E-state index contributed by atoms with van der Waals surface area (Å²) in [7, 11) is -2.14. The van der Waals surface area contributed by atoms with Crippen LogP contribution < -0.4 is 0 Å². The van der Waals surface area contributed by atoms with Crippen LogP contribution in [0.5, 0.6) is 0 Å². The number of aryl methyl sites for hydroxylation is 1. The van der Waals surface area contributed by atoms with Crippen LogP contribution in [0.2, 0.25) is 0 Å². The van der Waals surface area contributed by atoms with Crippen molar-refractivity contribution in [2.75, 3.05) is 19.1 Å². The average molecular weight is 293 g/mol. The van der Waals surface area contributed by atoms with E-state index in [1.807, 2.05) is 13.2 Å². The van der Waals surface area contributed by atoms with E-state index >= 15 is 0 Å². The third kappa shape index (κ3) is 2.87. The molecule has 0 radical (unpaired) electrons. The van der Waals surface area contributed by atoms with Crippen molar-refractivity contribution in [2.45, 2.75) is 31.5 Å². The highest BCUT2D eigenvalue weighted by Crippen LogP contribution is 2.21. The number of aliphatic hydroxyl groups is 1. The topological polar surface area (TPSA) is 86.3 Å². The van der Waals surface area contributed by atoms with Gasteiger partial charge < -0.3 is 5.11 Å². The zero-order valence-electron chi connectivity index (χ0n) is 11.0. The second-order valence-electron chi connectivity index (χ2n) is 4.12. The molecule has 1 aromatic heterocycles. The zero-order chi connectivity index (χ0) is 13.9. The fraction of sp³-hybridized carbons (Fsp3) is 0.700. The fourth-order valence-electron chi connectivity index (χ4n) is 1.55. The summed E-state index contributed by atoms with van der Waals surface area (Å²) >= 11 is 1.58. The summed E-state index contributed by atoms with van der Waals surface area (Å²) in [6, 6.07) is -0.131. The number of aliphatic hydroxyl groups excluding tert-OH is 1. The number of nitrogens with zero attached hydrogens (tertiary/aromatic N) is 2. The lowest BCUT2D eigenvalue weighted by Crippen LogP contribution is -2.37. The van der Waals surface area contributed by atoms with Crippen LogP contribution in [0.25, 0.3) is 0 Å². The molecule has 0 fully saturated rings. The molecule has 0 saturated carbocycles. The van der Waals surface area contributed by atoms with Gasteiger partial charge in [-0.2, -0.15) is 21.2 Å². The minimum absolute atomic E-state index is 0.0852. The predicted octanol–water partition coefficient (Wildman–Crippen LogP) is 0.582. The Balaban J connectivity index is 3.13. The standard InChI is InChI=1S/C10H19N3O3S2/c1-7(6-17-4)13(3)18(15,16)10-9(5-14)8(2)11-12-10/h7,14H,5-6H2,1-4H3,(H,11,12). The van der Waals surface area contributed by atoms with Crippen LogP contribution in [-0.4, -0.2) is 53.1 Å². The molecule has 1 unspecified atom stereocenters. The van der Waals surface area contributed by atoms with Gasteiger partial charge in [-0.15, -0.1) is 0 Å². The SMILES string of the molecule is CSCC(C)N(C)S(=O)(=O)c1n[nH]c(C)c1CO. The maximum atomic E-state index is 12.4. The second-order valence-corrected chi connectivity index (χ2v) is 6.94. The van der Waals surface area contributed by atoms with E-state index in [0.29, 0.717) is 17.0 Å². The van der Waals surface area contributed by atoms with Gasteiger partial charge in [0.15, 0.2) is 5.03 Å². The number of hydrogen-bond donors (Lipinski definition) is 2. The Hall–Kier alpha value is -0.570. The number of nitrogens with one attached hydrogen (secondary N) is 1. The highest BCUT2D eigenvalue weighted by atomic mass is 32.2. The van der Waals surface area contributed by atoms with Crippen LogP contribution in [0, 0.1) is 6.92 Å². The van der Waals surface area contributed by atoms with Crippen LogP contribution in [0.4, 0.5) is 0 Å². The van der Waals surface area contributed by atoms with Crippen LogP contribution in [0.3, 0.4) is 0 Å². The molecule has 1 heterocycles. The van der Waals surface area contributed by atoms with E-state index in [1.165, 1.54) is 11.4 Å². The first kappa shape index (κ1) is 15.5. The number of sulfonamides is 1. The largest absolute Gasteiger partial charge is 0.392 e. The van der Waals surface area contributed by atoms with E-state index in [4.69, 9.17) is 0 Å². The van der Waals surface area contributed by atoms with Crippen molar-refractivity contribution >= 4 is 21.8 Å². The molecule has 8 heteroatoms. The Morgan fingerprint density at radius 1 is 1.56 bits per heavy atom. The minimum Gasteiger partial charge on any atom is -0.392 e. The van der Waals surface area contributed by atoms with Gasteiger partial charge in [-0.25, -0.2) is 8.42 Å². The zero-order valence-corrected chi connectivity index (χ0v) is 12.6. The Morgan fingerprint density at radius 3 is 2.67 bits per heavy atom. The Kier molecular flexibility index (Phi) is 5.20. The summed E-state index contributed by atoms with van der Waals surface area (Å²) in [5.41, 5.74) is 0.903. The van der Waals surface area contributed by atoms with Crippen molar-refractivity contribution in [3.8, 4) is 0 Å². The molecule has 2 N–H and O–H groups in total. The van der Waals surface area contributed by atoms with Gasteiger partial charge in [-0.3, -0.25) is 5.10 Å². The lowest BCUT2D eigenvalue weighted by atomic mass is 10.3. The summed E-state index contributed by atoms with van der Waals surface area (Å²) < 4.78 is 26.0. The maximum Gasteiger partial charge on any atom is 0.262 e. The number of rotatable bonds is 6. The number of H-pyrrole nitrogens is 1. The smallest absolute Gasteiger partial charge is 0.262 e. The fourth-order valence-corrected chi connectivity index (χ4v) is 3.86. The molecule has 0 spiro atoms. The van der Waals surface area contributed by atoms with Crippen LogP contribution in [0.15, 0.2) is 5.03 Å². The molecule has 0 saturated heterocycles. The first-order chi connectivity index (χ1) is 8.36. The van der Waals surface area contributed by atoms with Gasteiger partial charge in [0.2, 0.25) is 0 Å². The summed E-state index contributed by atoms with van der Waals surface area (Å²) in [6.45, 7) is 3.18. The monoisotopic (exact) mass is 293 g/mol. The van der Waals surface area contributed by atoms with Gasteiger partial charge in [0.25, 0.3) is 10.0 Å². The third-order valence-electron chi connectivity index (χ3n) is 2.85. The number of aromatic nitrogens is 2. The van der Waals surface area contributed by atoms with E-state index in [9.17, 15) is 13.5 Å². The first-order valence-electron chi connectivity index (χ1n) is 5.47. The molecule has 0 amide bonds. The van der Waals surface area contributed by atoms with Gasteiger partial charge >= 0.3 is 0 Å². The quantitative estimate of drug-likeness (QED) is 0.801. The van der Waals surface area contributed by atoms with Crippen LogP contribution in [0.1, 0.15) is 18.2 Å². The number of thioether (sulfide) groups is 1. The first-order valence-corrected chi connectivity index (χ1v) is 8.31. The van der Waals surface area contributed by atoms with Crippen LogP contribution in [-0.2, 0) is 16.6 Å². The molecule has 104 valence electrons. The molecule has 1 aromatic rings. The average Bonchev–Trinajstić information content (AvgIpc) is 2.70. The lowest BCUT2D eigenvalue weighted by Gasteiger charge is -2.22. The summed E-state index contributed by atoms with van der Waals surface area (Å²) in [4.78, 5) is 0. The van der Waals surface area contributed by atoms with E-state index in [0.717, 1.165) is 0 Å². The summed E-state index contributed by atoms with van der Waals surface area (Å²) in [5, 5.41) is 15.5. The molecule has 0 aliphatic carbocycles. The summed E-state index contributed by atoms with van der Waals surface area (Å²) in [5.74, 6) is 0.702. The molecule has 0 aliphatic rings. The van der Waals surface area contributed by atoms with Gasteiger partial charge in [-0.1, -0.05) is 0 Å². The van der Waals surface area contributed by atoms with E-state index in [2.05, 4.69) is 10.2 Å². The van der Waals surface area contributed by atoms with Gasteiger partial charge in [0.05, 0.1) is 6.61 Å². The molecule has 0 bridgehead atoms. The lowest BCUT2D eigenvalue weighted by molar-refractivity contribution is 0.277. The van der Waals surface area contributed by atoms with Crippen LogP contribution >= 0.6 is 11.8 Å². The Bertz CT molecular complexity index is 498. The van der Waals surface area contributed by atoms with Crippen molar-refractivity contribution in [1.82, 2.24) is 14.5 Å². The molecule has 18 heavy (non-hydrogen) atoms. The van der Waals surface area contributed by atoms with E-state index < -0.39 is 10.0 Å². The van der Waals surface area contributed by atoms with Crippen molar-refractivity contribution < 1.29 is 13.5 Å². The molecular weight excluding hydrogens is 274 g/mol. The maximum absolute atomic E-state index is 12.4. The Morgan fingerprint density at radius 2 is 2.17 bits per heavy atom. The van der Waals surface area contributed by atoms with Gasteiger partial charge in [-0.05, 0) is 20.1 Å². The molecule has 6 nitrogen and oxygen atoms in total. The molecule has 0 aliphatic heterocycles. The number of aromatic amines is 1. The van der Waals surface area contributed by atoms with Gasteiger partial charge in [0, 0.05) is 30.1 Å².